The number of nitrogens with zero attached hydrogens (tertiary/aromatic N) is 1. The van der Waals surface area contributed by atoms with Crippen molar-refractivity contribution < 1.29 is 38.8 Å². The van der Waals surface area contributed by atoms with Crippen molar-refractivity contribution in [3.63, 3.8) is 0 Å². The molecule has 0 aromatic carbocycles. The molecule has 2 heterocycles. The zero-order valence-electron chi connectivity index (χ0n) is 23.8. The van der Waals surface area contributed by atoms with E-state index in [1.54, 1.807) is 20.8 Å². The van der Waals surface area contributed by atoms with Crippen LogP contribution in [0.5, 0.6) is 0 Å². The zero-order valence-corrected chi connectivity index (χ0v) is 23.8. The van der Waals surface area contributed by atoms with Crippen molar-refractivity contribution in [1.29, 1.82) is 0 Å². The minimum absolute atomic E-state index is 0.168. The Morgan fingerprint density at radius 3 is 2.30 bits per heavy atom. The van der Waals surface area contributed by atoms with Gasteiger partial charge in [0.25, 0.3) is 0 Å². The van der Waals surface area contributed by atoms with E-state index in [-0.39, 0.29) is 29.6 Å². The van der Waals surface area contributed by atoms with Crippen LogP contribution in [0.2, 0.25) is 0 Å². The molecule has 0 unspecified atom stereocenters. The summed E-state index contributed by atoms with van der Waals surface area (Å²) >= 11 is 0. The van der Waals surface area contributed by atoms with Crippen molar-refractivity contribution in [3.05, 3.63) is 12.2 Å². The zero-order chi connectivity index (χ0) is 28.2. The molecule has 37 heavy (non-hydrogen) atoms. The summed E-state index contributed by atoms with van der Waals surface area (Å²) < 4.78 is 17.9. The van der Waals surface area contributed by atoms with Crippen LogP contribution >= 0.6 is 0 Å². The number of aliphatic hydroxyl groups is 2. The SMILES string of the molecule is CC[C@H]1OC(=O)[C@H](C)C(=O)[C@H](C)[C@@H](O[C@H]2O[C@H](C)C[C@H](N(C)C)[C@H]2O)[C@@H](C)C[C@@H](C)C(=O)/C=C/[C@]1(C)O. The molecule has 9 heteroatoms. The molecule has 0 radical (unpaired) electrons. The van der Waals surface area contributed by atoms with E-state index >= 15 is 0 Å². The molecular formula is C28H47NO8. The van der Waals surface area contributed by atoms with Crippen molar-refractivity contribution >= 4 is 17.5 Å². The third-order valence-corrected chi connectivity index (χ3v) is 7.93. The van der Waals surface area contributed by atoms with Crippen molar-refractivity contribution in [3.8, 4) is 0 Å². The van der Waals surface area contributed by atoms with Crippen LogP contribution in [-0.4, -0.2) is 89.1 Å². The Bertz CT molecular complexity index is 840. The average molecular weight is 526 g/mol. The van der Waals surface area contributed by atoms with Crippen molar-refractivity contribution in [2.75, 3.05) is 14.1 Å². The normalized spacial score (nSPS) is 43.8. The highest BCUT2D eigenvalue weighted by molar-refractivity contribution is 6.00. The van der Waals surface area contributed by atoms with E-state index in [1.807, 2.05) is 32.8 Å². The number of hydrogen-bond acceptors (Lipinski definition) is 9. The van der Waals surface area contributed by atoms with E-state index in [4.69, 9.17) is 14.2 Å². The lowest BCUT2D eigenvalue weighted by Gasteiger charge is -2.43. The first-order valence-electron chi connectivity index (χ1n) is 13.5. The molecule has 11 atom stereocenters. The molecule has 2 aliphatic heterocycles. The Balaban J connectivity index is 2.44. The van der Waals surface area contributed by atoms with Crippen LogP contribution < -0.4 is 0 Å². The highest BCUT2D eigenvalue weighted by atomic mass is 16.7. The second-order valence-corrected chi connectivity index (χ2v) is 11.5. The van der Waals surface area contributed by atoms with Gasteiger partial charge in [-0.25, -0.2) is 0 Å². The topological polar surface area (TPSA) is 123 Å². The first kappa shape index (κ1) is 31.6. The maximum atomic E-state index is 13.5. The summed E-state index contributed by atoms with van der Waals surface area (Å²) in [6.45, 7) is 12.0. The van der Waals surface area contributed by atoms with Crippen molar-refractivity contribution in [2.45, 2.75) is 110 Å². The molecule has 0 aromatic rings. The Morgan fingerprint density at radius 2 is 1.73 bits per heavy atom. The van der Waals surface area contributed by atoms with Crippen LogP contribution in [0, 0.1) is 23.7 Å². The maximum absolute atomic E-state index is 13.5. The number of likely N-dealkylation sites (N-methyl/N-ethyl adjacent to an activating group) is 1. The van der Waals surface area contributed by atoms with Gasteiger partial charge in [0.15, 0.2) is 17.9 Å². The van der Waals surface area contributed by atoms with Gasteiger partial charge in [0, 0.05) is 17.9 Å². The fourth-order valence-electron chi connectivity index (χ4n) is 5.42. The van der Waals surface area contributed by atoms with Crippen LogP contribution in [0.25, 0.3) is 0 Å². The van der Waals surface area contributed by atoms with E-state index in [0.717, 1.165) is 0 Å². The molecular weight excluding hydrogens is 478 g/mol. The minimum Gasteiger partial charge on any atom is -0.458 e. The number of carbonyl (C=O) groups excluding carboxylic acids is 3. The lowest BCUT2D eigenvalue weighted by Crippen LogP contribution is -2.56. The van der Waals surface area contributed by atoms with Gasteiger partial charge in [0.2, 0.25) is 0 Å². The van der Waals surface area contributed by atoms with Crippen LogP contribution in [-0.2, 0) is 28.6 Å². The lowest BCUT2D eigenvalue weighted by atomic mass is 9.80. The number of carbonyl (C=O) groups is 3. The van der Waals surface area contributed by atoms with Gasteiger partial charge in [-0.3, -0.25) is 14.4 Å². The molecule has 2 N–H and O–H groups in total. The van der Waals surface area contributed by atoms with E-state index in [1.165, 1.54) is 26.0 Å². The van der Waals surface area contributed by atoms with Crippen LogP contribution in [0.3, 0.4) is 0 Å². The monoisotopic (exact) mass is 525 g/mol. The molecule has 212 valence electrons. The number of cyclic esters (lactones) is 1. The Labute approximate surface area is 221 Å². The first-order chi connectivity index (χ1) is 17.1. The molecule has 2 rings (SSSR count). The molecule has 1 fully saturated rings. The van der Waals surface area contributed by atoms with Crippen LogP contribution in [0.1, 0.15) is 67.7 Å². The highest BCUT2D eigenvalue weighted by Crippen LogP contribution is 2.32. The van der Waals surface area contributed by atoms with E-state index in [9.17, 15) is 24.6 Å². The van der Waals surface area contributed by atoms with Gasteiger partial charge in [-0.15, -0.1) is 0 Å². The number of Topliss-reactive ketones (excluding diaryl/α,β-unsaturated/α-hetero) is 1. The third-order valence-electron chi connectivity index (χ3n) is 7.93. The summed E-state index contributed by atoms with van der Waals surface area (Å²) in [5.74, 6) is -3.83. The van der Waals surface area contributed by atoms with Gasteiger partial charge in [0.1, 0.15) is 23.7 Å². The molecule has 0 bridgehead atoms. The number of ketones is 2. The second kappa shape index (κ2) is 12.9. The van der Waals surface area contributed by atoms with E-state index in [2.05, 4.69) is 0 Å². The summed E-state index contributed by atoms with van der Waals surface area (Å²) in [6.07, 6.45) is 0.318. The molecule has 0 aromatic heterocycles. The summed E-state index contributed by atoms with van der Waals surface area (Å²) in [6, 6.07) is -0.188. The summed E-state index contributed by atoms with van der Waals surface area (Å²) in [7, 11) is 3.77. The number of rotatable bonds is 4. The molecule has 2 aliphatic rings. The molecule has 0 aliphatic carbocycles. The number of esters is 1. The van der Waals surface area contributed by atoms with Gasteiger partial charge in [0.05, 0.1) is 12.2 Å². The Kier molecular flexibility index (Phi) is 11.0. The molecule has 0 amide bonds. The molecule has 1 saturated heterocycles. The maximum Gasteiger partial charge on any atom is 0.316 e. The smallest absolute Gasteiger partial charge is 0.316 e. The predicted octanol–water partition coefficient (Wildman–Crippen LogP) is 2.51. The fraction of sp³-hybridized carbons (Fsp3) is 0.821. The van der Waals surface area contributed by atoms with E-state index in [0.29, 0.717) is 19.3 Å². The third kappa shape index (κ3) is 7.69. The Hall–Kier alpha value is -1.65. The highest BCUT2D eigenvalue weighted by Gasteiger charge is 2.44. The number of ether oxygens (including phenoxy) is 3. The largest absolute Gasteiger partial charge is 0.458 e. The fourth-order valence-corrected chi connectivity index (χ4v) is 5.42. The van der Waals surface area contributed by atoms with Gasteiger partial charge in [-0.1, -0.05) is 27.7 Å². The first-order valence-corrected chi connectivity index (χ1v) is 13.5. The van der Waals surface area contributed by atoms with Gasteiger partial charge in [-0.2, -0.15) is 0 Å². The quantitative estimate of drug-likeness (QED) is 0.421. The van der Waals surface area contributed by atoms with Crippen LogP contribution in [0.15, 0.2) is 12.2 Å². The van der Waals surface area contributed by atoms with Crippen molar-refractivity contribution in [1.82, 2.24) is 4.90 Å². The van der Waals surface area contributed by atoms with Crippen LogP contribution in [0.4, 0.5) is 0 Å². The number of allylic oxidation sites excluding steroid dienone is 1. The standard InChI is InChI=1S/C28H47NO8/c1-10-22-28(7,34)12-11-21(30)15(2)13-16(3)25(18(5)23(31)19(6)26(33)36-22)37-27-24(32)20(29(8)9)14-17(4)35-27/h11-12,15-20,22,24-25,27,32,34H,10,13-14H2,1-9H3/b12-11+/t15-,16+,17-,18+,19-,20+,22-,24-,25+,27-,28+/m1/s1. The van der Waals surface area contributed by atoms with Crippen molar-refractivity contribution in [2.24, 2.45) is 23.7 Å². The molecule has 0 saturated carbocycles. The van der Waals surface area contributed by atoms with Gasteiger partial charge in [-0.05, 0) is 72.2 Å². The average Bonchev–Trinajstić information content (AvgIpc) is 2.83. The minimum atomic E-state index is -1.57. The second-order valence-electron chi connectivity index (χ2n) is 11.5. The lowest BCUT2D eigenvalue weighted by molar-refractivity contribution is -0.278. The predicted molar refractivity (Wildman–Crippen MR) is 139 cm³/mol. The van der Waals surface area contributed by atoms with Gasteiger partial charge < -0.3 is 29.3 Å². The summed E-state index contributed by atoms with van der Waals surface area (Å²) in [5, 5.41) is 21.9. The number of aliphatic hydroxyl groups excluding tert-OH is 1. The Morgan fingerprint density at radius 1 is 1.11 bits per heavy atom. The number of hydrogen-bond donors (Lipinski definition) is 2. The summed E-state index contributed by atoms with van der Waals surface area (Å²) in [5.41, 5.74) is -1.57. The van der Waals surface area contributed by atoms with Gasteiger partial charge >= 0.3 is 5.97 Å². The summed E-state index contributed by atoms with van der Waals surface area (Å²) in [4.78, 5) is 41.3. The molecule has 0 spiro atoms. The molecule has 9 nitrogen and oxygen atoms in total. The van der Waals surface area contributed by atoms with E-state index < -0.39 is 53.9 Å².